The molecule has 3 nitrogen and oxygen atoms in total. The molecule has 1 heterocycles. The Labute approximate surface area is 95.2 Å². The van der Waals surface area contributed by atoms with E-state index in [1.807, 2.05) is 18.2 Å². The Morgan fingerprint density at radius 1 is 1.33 bits per heavy atom. The molecule has 0 amide bonds. The van der Waals surface area contributed by atoms with Gasteiger partial charge in [-0.3, -0.25) is 4.98 Å². The Hall–Kier alpha value is -1.42. The molecule has 0 spiro atoms. The molecule has 0 bridgehead atoms. The van der Waals surface area contributed by atoms with E-state index in [0.717, 1.165) is 15.2 Å². The van der Waals surface area contributed by atoms with Crippen LogP contribution in [0.15, 0.2) is 35.1 Å². The van der Waals surface area contributed by atoms with E-state index in [1.54, 1.807) is 6.20 Å². The maximum absolute atomic E-state index is 11.5. The molecule has 0 saturated heterocycles. The standard InChI is InChI=1S/C11H8BrNO2/c1-15-11(14)9-6-13-5-8-7(9)3-2-4-10(8)12/h2-6H,1H3. The summed E-state index contributed by atoms with van der Waals surface area (Å²) in [6.07, 6.45) is 3.23. The summed E-state index contributed by atoms with van der Waals surface area (Å²) in [6.45, 7) is 0. The summed E-state index contributed by atoms with van der Waals surface area (Å²) in [7, 11) is 1.36. The van der Waals surface area contributed by atoms with Crippen molar-refractivity contribution in [1.29, 1.82) is 0 Å². The van der Waals surface area contributed by atoms with Gasteiger partial charge in [-0.2, -0.15) is 0 Å². The van der Waals surface area contributed by atoms with Gasteiger partial charge in [-0.15, -0.1) is 0 Å². The minimum Gasteiger partial charge on any atom is -0.465 e. The van der Waals surface area contributed by atoms with Crippen LogP contribution in [0.1, 0.15) is 10.4 Å². The molecular formula is C11H8BrNO2. The van der Waals surface area contributed by atoms with Gasteiger partial charge in [0.2, 0.25) is 0 Å². The second-order valence-corrected chi connectivity index (χ2v) is 3.87. The van der Waals surface area contributed by atoms with E-state index in [-0.39, 0.29) is 5.97 Å². The topological polar surface area (TPSA) is 39.2 Å². The van der Waals surface area contributed by atoms with Crippen LogP contribution < -0.4 is 0 Å². The van der Waals surface area contributed by atoms with Gasteiger partial charge in [0.1, 0.15) is 0 Å². The number of esters is 1. The van der Waals surface area contributed by atoms with Gasteiger partial charge in [0.15, 0.2) is 0 Å². The zero-order chi connectivity index (χ0) is 10.8. The molecule has 0 radical (unpaired) electrons. The molecule has 0 saturated carbocycles. The largest absolute Gasteiger partial charge is 0.465 e. The lowest BCUT2D eigenvalue weighted by molar-refractivity contribution is 0.0602. The summed E-state index contributed by atoms with van der Waals surface area (Å²) < 4.78 is 5.61. The molecule has 0 N–H and O–H groups in total. The molecule has 0 atom stereocenters. The van der Waals surface area contributed by atoms with E-state index in [0.29, 0.717) is 5.56 Å². The molecule has 76 valence electrons. The molecule has 0 aliphatic carbocycles. The van der Waals surface area contributed by atoms with Crippen molar-refractivity contribution in [2.75, 3.05) is 7.11 Å². The van der Waals surface area contributed by atoms with Gasteiger partial charge >= 0.3 is 5.97 Å². The van der Waals surface area contributed by atoms with E-state index in [1.165, 1.54) is 13.3 Å². The van der Waals surface area contributed by atoms with Crippen LogP contribution in [-0.4, -0.2) is 18.1 Å². The average Bonchev–Trinajstić information content (AvgIpc) is 2.28. The van der Waals surface area contributed by atoms with E-state index in [4.69, 9.17) is 0 Å². The number of nitrogens with zero attached hydrogens (tertiary/aromatic N) is 1. The Morgan fingerprint density at radius 3 is 2.87 bits per heavy atom. The Kier molecular flexibility index (Phi) is 2.68. The van der Waals surface area contributed by atoms with Gasteiger partial charge in [0.25, 0.3) is 0 Å². The van der Waals surface area contributed by atoms with Crippen LogP contribution in [0.25, 0.3) is 10.8 Å². The first-order valence-electron chi connectivity index (χ1n) is 4.34. The summed E-state index contributed by atoms with van der Waals surface area (Å²) in [5.41, 5.74) is 0.483. The molecule has 2 aromatic rings. The van der Waals surface area contributed by atoms with Crippen molar-refractivity contribution >= 4 is 32.7 Å². The molecule has 0 fully saturated rings. The van der Waals surface area contributed by atoms with Crippen LogP contribution in [0, 0.1) is 0 Å². The fourth-order valence-electron chi connectivity index (χ4n) is 1.43. The smallest absolute Gasteiger partial charge is 0.340 e. The number of halogens is 1. The summed E-state index contributed by atoms with van der Waals surface area (Å²) in [5.74, 6) is -0.369. The summed E-state index contributed by atoms with van der Waals surface area (Å²) in [4.78, 5) is 15.5. The third-order valence-corrected chi connectivity index (χ3v) is 2.85. The van der Waals surface area contributed by atoms with Crippen LogP contribution in [-0.2, 0) is 4.74 Å². The molecule has 4 heteroatoms. The Bertz CT molecular complexity index is 525. The quantitative estimate of drug-likeness (QED) is 0.745. The monoisotopic (exact) mass is 265 g/mol. The molecule has 1 aromatic carbocycles. The third kappa shape index (κ3) is 1.72. The number of ether oxygens (including phenoxy) is 1. The van der Waals surface area contributed by atoms with Crippen molar-refractivity contribution in [3.63, 3.8) is 0 Å². The van der Waals surface area contributed by atoms with Crippen LogP contribution in [0.5, 0.6) is 0 Å². The second kappa shape index (κ2) is 3.98. The maximum Gasteiger partial charge on any atom is 0.340 e. The van der Waals surface area contributed by atoms with Crippen molar-refractivity contribution in [2.24, 2.45) is 0 Å². The zero-order valence-electron chi connectivity index (χ0n) is 8.03. The zero-order valence-corrected chi connectivity index (χ0v) is 9.61. The van der Waals surface area contributed by atoms with Gasteiger partial charge in [0, 0.05) is 27.6 Å². The number of methoxy groups -OCH3 is 1. The highest BCUT2D eigenvalue weighted by Crippen LogP contribution is 2.25. The van der Waals surface area contributed by atoms with Gasteiger partial charge in [0.05, 0.1) is 12.7 Å². The van der Waals surface area contributed by atoms with Crippen LogP contribution in [0.3, 0.4) is 0 Å². The first kappa shape index (κ1) is 10.1. The molecule has 15 heavy (non-hydrogen) atoms. The van der Waals surface area contributed by atoms with E-state index < -0.39 is 0 Å². The first-order valence-corrected chi connectivity index (χ1v) is 5.14. The summed E-state index contributed by atoms with van der Waals surface area (Å²) >= 11 is 3.41. The molecule has 0 aliphatic heterocycles. The molecular weight excluding hydrogens is 258 g/mol. The van der Waals surface area contributed by atoms with E-state index >= 15 is 0 Å². The lowest BCUT2D eigenvalue weighted by atomic mass is 10.1. The number of carbonyl (C=O) groups is 1. The summed E-state index contributed by atoms with van der Waals surface area (Å²) in [5, 5.41) is 1.74. The number of hydrogen-bond acceptors (Lipinski definition) is 3. The lowest BCUT2D eigenvalue weighted by Crippen LogP contribution is -2.02. The van der Waals surface area contributed by atoms with Crippen molar-refractivity contribution in [3.8, 4) is 0 Å². The highest BCUT2D eigenvalue weighted by Gasteiger charge is 2.11. The first-order chi connectivity index (χ1) is 7.24. The lowest BCUT2D eigenvalue weighted by Gasteiger charge is -2.04. The number of aromatic nitrogens is 1. The maximum atomic E-state index is 11.5. The predicted molar refractivity (Wildman–Crippen MR) is 60.8 cm³/mol. The van der Waals surface area contributed by atoms with Gasteiger partial charge in [-0.05, 0) is 6.07 Å². The van der Waals surface area contributed by atoms with Crippen molar-refractivity contribution in [1.82, 2.24) is 4.98 Å². The second-order valence-electron chi connectivity index (χ2n) is 3.01. The number of benzene rings is 1. The molecule has 2 rings (SSSR count). The SMILES string of the molecule is COC(=O)c1cncc2c(Br)cccc12. The molecule has 0 unspecified atom stereocenters. The normalized spacial score (nSPS) is 10.3. The van der Waals surface area contributed by atoms with Gasteiger partial charge in [-0.1, -0.05) is 28.1 Å². The number of fused-ring (bicyclic) bond motifs is 1. The highest BCUT2D eigenvalue weighted by atomic mass is 79.9. The van der Waals surface area contributed by atoms with Crippen molar-refractivity contribution in [2.45, 2.75) is 0 Å². The van der Waals surface area contributed by atoms with Crippen molar-refractivity contribution < 1.29 is 9.53 Å². The third-order valence-electron chi connectivity index (χ3n) is 2.16. The van der Waals surface area contributed by atoms with E-state index in [2.05, 4.69) is 25.7 Å². The van der Waals surface area contributed by atoms with Gasteiger partial charge < -0.3 is 4.74 Å². The van der Waals surface area contributed by atoms with Crippen LogP contribution in [0.2, 0.25) is 0 Å². The number of carbonyl (C=O) groups excluding carboxylic acids is 1. The Morgan fingerprint density at radius 2 is 2.13 bits per heavy atom. The number of pyridine rings is 1. The van der Waals surface area contributed by atoms with Crippen LogP contribution >= 0.6 is 15.9 Å². The average molecular weight is 266 g/mol. The minimum atomic E-state index is -0.369. The number of hydrogen-bond donors (Lipinski definition) is 0. The van der Waals surface area contributed by atoms with Crippen molar-refractivity contribution in [3.05, 3.63) is 40.6 Å². The summed E-state index contributed by atoms with van der Waals surface area (Å²) in [6, 6.07) is 5.65. The number of rotatable bonds is 1. The highest BCUT2D eigenvalue weighted by molar-refractivity contribution is 9.10. The molecule has 0 aliphatic rings. The minimum absolute atomic E-state index is 0.369. The van der Waals surface area contributed by atoms with E-state index in [9.17, 15) is 4.79 Å². The molecule has 1 aromatic heterocycles. The fourth-order valence-corrected chi connectivity index (χ4v) is 1.90. The van der Waals surface area contributed by atoms with Crippen LogP contribution in [0.4, 0.5) is 0 Å². The fraction of sp³-hybridized carbons (Fsp3) is 0.0909. The Balaban J connectivity index is 2.77. The van der Waals surface area contributed by atoms with Gasteiger partial charge in [-0.25, -0.2) is 4.79 Å². The predicted octanol–water partition coefficient (Wildman–Crippen LogP) is 2.78.